The van der Waals surface area contributed by atoms with Crippen LogP contribution in [0.4, 0.5) is 0 Å². The number of aromatic nitrogens is 1. The third-order valence-electron chi connectivity index (χ3n) is 3.23. The molecule has 104 valence electrons. The summed E-state index contributed by atoms with van der Waals surface area (Å²) in [4.78, 5) is 14.6. The standard InChI is InChI=1S/C18H15NO2/c20-18-16(10-6-12-19-18)15-9-4-5-11-17(15)21-13-14-7-2-1-3-8-14/h1-12H,13H2,(H,19,20). The number of para-hydroxylation sites is 1. The zero-order chi connectivity index (χ0) is 14.5. The summed E-state index contributed by atoms with van der Waals surface area (Å²) in [6.07, 6.45) is 1.62. The predicted molar refractivity (Wildman–Crippen MR) is 83.3 cm³/mol. The largest absolute Gasteiger partial charge is 0.488 e. The Kier molecular flexibility index (Phi) is 3.83. The average molecular weight is 277 g/mol. The molecule has 0 saturated heterocycles. The number of rotatable bonds is 4. The maximum absolute atomic E-state index is 11.9. The Morgan fingerprint density at radius 1 is 0.810 bits per heavy atom. The Morgan fingerprint density at radius 2 is 1.52 bits per heavy atom. The van der Waals surface area contributed by atoms with Crippen molar-refractivity contribution in [2.45, 2.75) is 6.61 Å². The second-order valence-corrected chi connectivity index (χ2v) is 4.68. The number of ether oxygens (including phenoxy) is 1. The van der Waals surface area contributed by atoms with Crippen molar-refractivity contribution in [3.8, 4) is 16.9 Å². The summed E-state index contributed by atoms with van der Waals surface area (Å²) in [7, 11) is 0. The van der Waals surface area contributed by atoms with Gasteiger partial charge in [-0.05, 0) is 23.8 Å². The molecule has 1 N–H and O–H groups in total. The van der Waals surface area contributed by atoms with E-state index in [1.165, 1.54) is 0 Å². The van der Waals surface area contributed by atoms with Crippen LogP contribution in [-0.2, 0) is 6.61 Å². The van der Waals surface area contributed by atoms with Crippen LogP contribution >= 0.6 is 0 Å². The van der Waals surface area contributed by atoms with Crippen molar-refractivity contribution in [2.75, 3.05) is 0 Å². The molecule has 0 aliphatic heterocycles. The van der Waals surface area contributed by atoms with Crippen molar-refractivity contribution in [1.29, 1.82) is 0 Å². The third-order valence-corrected chi connectivity index (χ3v) is 3.23. The van der Waals surface area contributed by atoms with Gasteiger partial charge in [-0.2, -0.15) is 0 Å². The topological polar surface area (TPSA) is 42.1 Å². The Labute approximate surface area is 122 Å². The van der Waals surface area contributed by atoms with Crippen LogP contribution in [0.5, 0.6) is 5.75 Å². The molecule has 0 amide bonds. The maximum Gasteiger partial charge on any atom is 0.255 e. The van der Waals surface area contributed by atoms with E-state index >= 15 is 0 Å². The van der Waals surface area contributed by atoms with Crippen LogP contribution in [-0.4, -0.2) is 4.98 Å². The zero-order valence-electron chi connectivity index (χ0n) is 11.5. The number of pyridine rings is 1. The Bertz CT molecular complexity index is 778. The monoisotopic (exact) mass is 277 g/mol. The Hall–Kier alpha value is -2.81. The third kappa shape index (κ3) is 3.03. The van der Waals surface area contributed by atoms with Crippen LogP contribution in [0.2, 0.25) is 0 Å². The number of hydrogen-bond acceptors (Lipinski definition) is 2. The molecule has 0 unspecified atom stereocenters. The van der Waals surface area contributed by atoms with E-state index in [2.05, 4.69) is 4.98 Å². The van der Waals surface area contributed by atoms with Crippen molar-refractivity contribution in [3.63, 3.8) is 0 Å². The minimum absolute atomic E-state index is 0.117. The molecule has 0 bridgehead atoms. The number of H-pyrrole nitrogens is 1. The van der Waals surface area contributed by atoms with Crippen molar-refractivity contribution in [1.82, 2.24) is 4.98 Å². The molecule has 0 fully saturated rings. The lowest BCUT2D eigenvalue weighted by Gasteiger charge is -2.11. The van der Waals surface area contributed by atoms with E-state index in [1.54, 1.807) is 12.3 Å². The fraction of sp³-hybridized carbons (Fsp3) is 0.0556. The summed E-state index contributed by atoms with van der Waals surface area (Å²) in [6.45, 7) is 0.475. The highest BCUT2D eigenvalue weighted by Crippen LogP contribution is 2.27. The first-order valence-electron chi connectivity index (χ1n) is 6.78. The minimum Gasteiger partial charge on any atom is -0.488 e. The van der Waals surface area contributed by atoms with Crippen molar-refractivity contribution < 1.29 is 4.74 Å². The Morgan fingerprint density at radius 3 is 2.33 bits per heavy atom. The fourth-order valence-electron chi connectivity index (χ4n) is 2.18. The van der Waals surface area contributed by atoms with Crippen LogP contribution in [0.1, 0.15) is 5.56 Å². The van der Waals surface area contributed by atoms with E-state index in [1.807, 2.05) is 60.7 Å². The normalized spacial score (nSPS) is 10.3. The van der Waals surface area contributed by atoms with Gasteiger partial charge in [0.05, 0.1) is 5.56 Å². The van der Waals surface area contributed by atoms with E-state index in [0.717, 1.165) is 11.1 Å². The molecule has 3 heteroatoms. The van der Waals surface area contributed by atoms with E-state index in [0.29, 0.717) is 17.9 Å². The van der Waals surface area contributed by atoms with Gasteiger partial charge in [0, 0.05) is 11.8 Å². The molecule has 3 rings (SSSR count). The van der Waals surface area contributed by atoms with Crippen LogP contribution in [0, 0.1) is 0 Å². The highest BCUT2D eigenvalue weighted by atomic mass is 16.5. The summed E-state index contributed by atoms with van der Waals surface area (Å²) >= 11 is 0. The summed E-state index contributed by atoms with van der Waals surface area (Å²) in [5, 5.41) is 0. The van der Waals surface area contributed by atoms with E-state index in [9.17, 15) is 4.79 Å². The second-order valence-electron chi connectivity index (χ2n) is 4.68. The van der Waals surface area contributed by atoms with Crippen LogP contribution in [0.3, 0.4) is 0 Å². The van der Waals surface area contributed by atoms with E-state index < -0.39 is 0 Å². The lowest BCUT2D eigenvalue weighted by atomic mass is 10.1. The van der Waals surface area contributed by atoms with E-state index in [4.69, 9.17) is 4.74 Å². The van der Waals surface area contributed by atoms with Crippen molar-refractivity contribution in [2.24, 2.45) is 0 Å². The van der Waals surface area contributed by atoms with Gasteiger partial charge in [-0.1, -0.05) is 48.5 Å². The molecule has 0 atom stereocenters. The average Bonchev–Trinajstić information content (AvgIpc) is 2.55. The minimum atomic E-state index is -0.117. The van der Waals surface area contributed by atoms with Crippen LogP contribution < -0.4 is 10.3 Å². The number of hydrogen-bond donors (Lipinski definition) is 1. The number of aromatic amines is 1. The Balaban J connectivity index is 1.90. The molecule has 1 heterocycles. The molecule has 1 aromatic heterocycles. The molecule has 3 nitrogen and oxygen atoms in total. The van der Waals surface area contributed by atoms with Crippen molar-refractivity contribution >= 4 is 0 Å². The SMILES string of the molecule is O=c1[nH]cccc1-c1ccccc1OCc1ccccc1. The molecule has 3 aromatic rings. The van der Waals surface area contributed by atoms with E-state index in [-0.39, 0.29) is 5.56 Å². The quantitative estimate of drug-likeness (QED) is 0.791. The lowest BCUT2D eigenvalue weighted by molar-refractivity contribution is 0.307. The molecular formula is C18H15NO2. The second kappa shape index (κ2) is 6.09. The highest BCUT2D eigenvalue weighted by molar-refractivity contribution is 5.69. The first kappa shape index (κ1) is 13.2. The van der Waals surface area contributed by atoms with Gasteiger partial charge in [0.2, 0.25) is 0 Å². The predicted octanol–water partition coefficient (Wildman–Crippen LogP) is 3.62. The number of benzene rings is 2. The zero-order valence-corrected chi connectivity index (χ0v) is 11.5. The van der Waals surface area contributed by atoms with Gasteiger partial charge >= 0.3 is 0 Å². The van der Waals surface area contributed by atoms with Gasteiger partial charge in [-0.15, -0.1) is 0 Å². The highest BCUT2D eigenvalue weighted by Gasteiger charge is 2.08. The van der Waals surface area contributed by atoms with Crippen LogP contribution in [0.15, 0.2) is 77.7 Å². The molecule has 0 aliphatic carbocycles. The first-order valence-corrected chi connectivity index (χ1v) is 6.78. The lowest BCUT2D eigenvalue weighted by Crippen LogP contribution is -2.08. The maximum atomic E-state index is 11.9. The van der Waals surface area contributed by atoms with Crippen molar-refractivity contribution in [3.05, 3.63) is 88.8 Å². The summed E-state index contributed by atoms with van der Waals surface area (Å²) in [5.41, 5.74) is 2.39. The van der Waals surface area contributed by atoms with Gasteiger partial charge in [0.25, 0.3) is 5.56 Å². The summed E-state index contributed by atoms with van der Waals surface area (Å²) < 4.78 is 5.88. The van der Waals surface area contributed by atoms with Gasteiger partial charge in [0.15, 0.2) is 0 Å². The number of nitrogens with one attached hydrogen (secondary N) is 1. The molecular weight excluding hydrogens is 262 g/mol. The fourth-order valence-corrected chi connectivity index (χ4v) is 2.18. The smallest absolute Gasteiger partial charge is 0.255 e. The molecule has 0 aliphatic rings. The summed E-state index contributed by atoms with van der Waals surface area (Å²) in [5.74, 6) is 0.707. The molecule has 0 radical (unpaired) electrons. The van der Waals surface area contributed by atoms with Gasteiger partial charge < -0.3 is 9.72 Å². The molecule has 21 heavy (non-hydrogen) atoms. The van der Waals surface area contributed by atoms with Gasteiger partial charge in [0.1, 0.15) is 12.4 Å². The summed E-state index contributed by atoms with van der Waals surface area (Å²) in [6, 6.07) is 21.1. The van der Waals surface area contributed by atoms with Gasteiger partial charge in [-0.25, -0.2) is 0 Å². The molecule has 0 saturated carbocycles. The first-order chi connectivity index (χ1) is 10.3. The van der Waals surface area contributed by atoms with Gasteiger partial charge in [-0.3, -0.25) is 4.79 Å². The molecule has 2 aromatic carbocycles. The van der Waals surface area contributed by atoms with Crippen LogP contribution in [0.25, 0.3) is 11.1 Å². The molecule has 0 spiro atoms.